The van der Waals surface area contributed by atoms with Crippen molar-refractivity contribution in [2.45, 2.75) is 19.8 Å². The van der Waals surface area contributed by atoms with Gasteiger partial charge in [-0.05, 0) is 24.5 Å². The van der Waals surface area contributed by atoms with Gasteiger partial charge >= 0.3 is 12.4 Å². The number of nitrogens with zero attached hydrogens (tertiary/aromatic N) is 3. The summed E-state index contributed by atoms with van der Waals surface area (Å²) in [4.78, 5) is 29.0. The number of carbonyl (C=O) groups excluding carboxylic acids is 1. The summed E-state index contributed by atoms with van der Waals surface area (Å²) in [5.41, 5.74) is 0.817. The number of amides is 1. The molecule has 26 heavy (non-hydrogen) atoms. The smallest absolute Gasteiger partial charge is 0.315 e. The normalized spacial score (nSPS) is 20.4. The third-order valence-electron chi connectivity index (χ3n) is 4.31. The average Bonchev–Trinajstić information content (AvgIpc) is 3.11. The fourth-order valence-electron chi connectivity index (χ4n) is 3.08. The number of rotatable bonds is 4. The zero-order chi connectivity index (χ0) is 18.8. The molecule has 7 nitrogen and oxygen atoms in total. The maximum atomic E-state index is 12.6. The van der Waals surface area contributed by atoms with Gasteiger partial charge in [-0.2, -0.15) is 13.8 Å². The van der Waals surface area contributed by atoms with E-state index in [4.69, 9.17) is 0 Å². The number of aliphatic carboxylic acids is 1. The molecule has 0 bridgehead atoms. The molecule has 2 aromatic rings. The Labute approximate surface area is 147 Å². The van der Waals surface area contributed by atoms with E-state index in [9.17, 15) is 23.5 Å². The predicted molar refractivity (Wildman–Crippen MR) is 85.5 cm³/mol. The Morgan fingerprint density at radius 2 is 1.96 bits per heavy atom. The first kappa shape index (κ1) is 18.0. The largest absolute Gasteiger partial charge is 0.481 e. The molecule has 2 heterocycles. The van der Waals surface area contributed by atoms with Crippen LogP contribution < -0.4 is 0 Å². The third kappa shape index (κ3) is 3.71. The number of carbonyl (C=O) groups is 2. The summed E-state index contributed by atoms with van der Waals surface area (Å²) in [6, 6.07) is 6.14. The monoisotopic (exact) mass is 365 g/mol. The van der Waals surface area contributed by atoms with E-state index in [0.29, 0.717) is 24.1 Å². The minimum atomic E-state index is -2.85. The Kier molecular flexibility index (Phi) is 4.97. The van der Waals surface area contributed by atoms with Crippen molar-refractivity contribution in [2.75, 3.05) is 13.1 Å². The third-order valence-corrected chi connectivity index (χ3v) is 4.31. The van der Waals surface area contributed by atoms with E-state index in [1.807, 2.05) is 6.92 Å². The van der Waals surface area contributed by atoms with Crippen LogP contribution in [0.2, 0.25) is 0 Å². The lowest BCUT2D eigenvalue weighted by molar-refractivity contribution is -0.143. The van der Waals surface area contributed by atoms with E-state index in [0.717, 1.165) is 0 Å². The van der Waals surface area contributed by atoms with Crippen LogP contribution in [0.3, 0.4) is 0 Å². The fraction of sp³-hybridized carbons (Fsp3) is 0.412. The van der Waals surface area contributed by atoms with Crippen molar-refractivity contribution in [3.63, 3.8) is 0 Å². The topological polar surface area (TPSA) is 96.5 Å². The SMILES string of the molecule is CC1CC(C(=O)O)CN(C(=O)c2ccc(-c3noc(C(F)F)n3)cc2)C1. The number of alkyl halides is 2. The molecule has 2 atom stereocenters. The number of halogens is 2. The lowest BCUT2D eigenvalue weighted by atomic mass is 9.90. The van der Waals surface area contributed by atoms with E-state index in [1.54, 1.807) is 0 Å². The molecule has 0 spiro atoms. The summed E-state index contributed by atoms with van der Waals surface area (Å²) >= 11 is 0. The number of benzene rings is 1. The molecule has 9 heteroatoms. The molecule has 1 saturated heterocycles. The molecule has 1 amide bonds. The van der Waals surface area contributed by atoms with E-state index in [2.05, 4.69) is 14.7 Å². The molecule has 3 rings (SSSR count). The van der Waals surface area contributed by atoms with Crippen LogP contribution >= 0.6 is 0 Å². The number of hydrogen-bond acceptors (Lipinski definition) is 5. The lowest BCUT2D eigenvalue weighted by Crippen LogP contribution is -2.45. The number of carboxylic acid groups (broad SMARTS) is 1. The molecule has 1 aromatic carbocycles. The fourth-order valence-corrected chi connectivity index (χ4v) is 3.08. The molecule has 1 fully saturated rings. The number of carboxylic acids is 1. The second-order valence-electron chi connectivity index (χ2n) is 6.42. The van der Waals surface area contributed by atoms with Crippen LogP contribution in [0.15, 0.2) is 28.8 Å². The zero-order valence-corrected chi connectivity index (χ0v) is 13.9. The van der Waals surface area contributed by atoms with Crippen LogP contribution in [0.5, 0.6) is 0 Å². The zero-order valence-electron chi connectivity index (χ0n) is 13.9. The van der Waals surface area contributed by atoms with Gasteiger partial charge < -0.3 is 14.5 Å². The molecule has 0 aliphatic carbocycles. The first-order valence-corrected chi connectivity index (χ1v) is 8.09. The highest BCUT2D eigenvalue weighted by atomic mass is 19.3. The summed E-state index contributed by atoms with van der Waals surface area (Å²) in [6.45, 7) is 2.57. The number of likely N-dealkylation sites (tertiary alicyclic amines) is 1. The molecule has 1 aliphatic heterocycles. The summed E-state index contributed by atoms with van der Waals surface area (Å²) in [6.07, 6.45) is -2.30. The van der Waals surface area contributed by atoms with Crippen LogP contribution in [0.1, 0.15) is 36.0 Å². The summed E-state index contributed by atoms with van der Waals surface area (Å²) in [7, 11) is 0. The lowest BCUT2D eigenvalue weighted by Gasteiger charge is -2.34. The predicted octanol–water partition coefficient (Wildman–Crippen LogP) is 2.86. The van der Waals surface area contributed by atoms with Gasteiger partial charge in [-0.15, -0.1) is 0 Å². The van der Waals surface area contributed by atoms with Crippen molar-refractivity contribution in [2.24, 2.45) is 11.8 Å². The van der Waals surface area contributed by atoms with Crippen molar-refractivity contribution in [1.29, 1.82) is 0 Å². The van der Waals surface area contributed by atoms with Gasteiger partial charge in [-0.3, -0.25) is 9.59 Å². The summed E-state index contributed by atoms with van der Waals surface area (Å²) < 4.78 is 29.5. The highest BCUT2D eigenvalue weighted by Gasteiger charge is 2.32. The van der Waals surface area contributed by atoms with Crippen molar-refractivity contribution in [3.8, 4) is 11.4 Å². The van der Waals surface area contributed by atoms with Gasteiger partial charge in [-0.1, -0.05) is 24.2 Å². The van der Waals surface area contributed by atoms with E-state index in [1.165, 1.54) is 29.2 Å². The number of aromatic nitrogens is 2. The number of piperidine rings is 1. The van der Waals surface area contributed by atoms with Gasteiger partial charge in [0.25, 0.3) is 11.8 Å². The molecule has 1 aromatic heterocycles. The molecule has 0 saturated carbocycles. The van der Waals surface area contributed by atoms with E-state index < -0.39 is 24.2 Å². The molecule has 2 unspecified atom stereocenters. The summed E-state index contributed by atoms with van der Waals surface area (Å²) in [5, 5.41) is 12.7. The van der Waals surface area contributed by atoms with Crippen LogP contribution in [0, 0.1) is 11.8 Å². The Bertz CT molecular complexity index is 807. The minimum Gasteiger partial charge on any atom is -0.481 e. The van der Waals surface area contributed by atoms with Crippen molar-refractivity contribution in [1.82, 2.24) is 15.0 Å². The van der Waals surface area contributed by atoms with Gasteiger partial charge in [0.2, 0.25) is 5.82 Å². The highest BCUT2D eigenvalue weighted by Crippen LogP contribution is 2.25. The van der Waals surface area contributed by atoms with Crippen molar-refractivity contribution in [3.05, 3.63) is 35.7 Å². The Morgan fingerprint density at radius 1 is 1.27 bits per heavy atom. The second kappa shape index (κ2) is 7.19. The maximum Gasteiger partial charge on any atom is 0.315 e. The Morgan fingerprint density at radius 3 is 2.54 bits per heavy atom. The van der Waals surface area contributed by atoms with Gasteiger partial charge in [-0.25, -0.2) is 0 Å². The van der Waals surface area contributed by atoms with Gasteiger partial charge in [0.1, 0.15) is 0 Å². The molecule has 138 valence electrons. The molecular formula is C17H17F2N3O4. The van der Waals surface area contributed by atoms with Crippen molar-refractivity contribution >= 4 is 11.9 Å². The van der Waals surface area contributed by atoms with Gasteiger partial charge in [0.15, 0.2) is 0 Å². The standard InChI is InChI=1S/C17H17F2N3O4/c1-9-6-12(17(24)25)8-22(7-9)16(23)11-4-2-10(3-5-11)14-20-15(13(18)19)26-21-14/h2-5,9,12-13H,6-8H2,1H3,(H,24,25). The highest BCUT2D eigenvalue weighted by molar-refractivity contribution is 5.95. The Hall–Kier alpha value is -2.84. The second-order valence-corrected chi connectivity index (χ2v) is 6.42. The van der Waals surface area contributed by atoms with Gasteiger partial charge in [0.05, 0.1) is 5.92 Å². The Balaban J connectivity index is 1.75. The minimum absolute atomic E-state index is 0.0110. The molecule has 0 radical (unpaired) electrons. The van der Waals surface area contributed by atoms with Crippen LogP contribution in [-0.4, -0.2) is 45.1 Å². The van der Waals surface area contributed by atoms with Crippen molar-refractivity contribution < 1.29 is 28.0 Å². The number of hydrogen-bond donors (Lipinski definition) is 1. The first-order chi connectivity index (χ1) is 12.3. The van der Waals surface area contributed by atoms with E-state index in [-0.39, 0.29) is 24.2 Å². The van der Waals surface area contributed by atoms with Gasteiger partial charge in [0, 0.05) is 24.2 Å². The van der Waals surface area contributed by atoms with Crippen LogP contribution in [-0.2, 0) is 4.79 Å². The van der Waals surface area contributed by atoms with Crippen LogP contribution in [0.4, 0.5) is 8.78 Å². The van der Waals surface area contributed by atoms with Crippen LogP contribution in [0.25, 0.3) is 11.4 Å². The quantitative estimate of drug-likeness (QED) is 0.895. The molecule has 1 N–H and O–H groups in total. The maximum absolute atomic E-state index is 12.6. The molecular weight excluding hydrogens is 348 g/mol. The first-order valence-electron chi connectivity index (χ1n) is 8.09. The average molecular weight is 365 g/mol. The van der Waals surface area contributed by atoms with E-state index >= 15 is 0 Å². The summed E-state index contributed by atoms with van der Waals surface area (Å²) in [5.74, 6) is -2.40. The molecule has 1 aliphatic rings.